The van der Waals surface area contributed by atoms with E-state index in [-0.39, 0.29) is 11.3 Å². The molecule has 1 heterocycles. The summed E-state index contributed by atoms with van der Waals surface area (Å²) in [6.07, 6.45) is 1.42. The van der Waals surface area contributed by atoms with E-state index in [2.05, 4.69) is 15.5 Å². The summed E-state index contributed by atoms with van der Waals surface area (Å²) in [4.78, 5) is 26.0. The first kappa shape index (κ1) is 13.8. The highest BCUT2D eigenvalue weighted by molar-refractivity contribution is 7.09. The van der Waals surface area contributed by atoms with Crippen LogP contribution in [0.1, 0.15) is 21.1 Å². The molecule has 0 aliphatic carbocycles. The molecule has 0 spiro atoms. The lowest BCUT2D eigenvalue weighted by Gasteiger charge is -1.99. The van der Waals surface area contributed by atoms with Crippen LogP contribution in [0.25, 0.3) is 0 Å². The van der Waals surface area contributed by atoms with Gasteiger partial charge in [-0.15, -0.1) is 11.3 Å². The Morgan fingerprint density at radius 1 is 1.55 bits per heavy atom. The lowest BCUT2D eigenvalue weighted by atomic mass is 10.2. The fraction of sp³-hybridized carbons (Fsp3) is 0.0833. The van der Waals surface area contributed by atoms with Gasteiger partial charge in [0.15, 0.2) is 0 Å². The Morgan fingerprint density at radius 3 is 3.00 bits per heavy atom. The van der Waals surface area contributed by atoms with Crippen LogP contribution in [0.3, 0.4) is 0 Å². The van der Waals surface area contributed by atoms with Gasteiger partial charge in [-0.2, -0.15) is 5.10 Å². The number of aryl methyl sites for hydroxylation is 1. The van der Waals surface area contributed by atoms with Crippen LogP contribution >= 0.6 is 11.3 Å². The van der Waals surface area contributed by atoms with E-state index in [0.717, 1.165) is 5.01 Å². The smallest absolute Gasteiger partial charge is 0.267 e. The number of nitro benzene ring substituents is 1. The van der Waals surface area contributed by atoms with Crippen molar-refractivity contribution < 1.29 is 9.72 Å². The molecule has 0 fully saturated rings. The number of nitrogens with zero attached hydrogens (tertiary/aromatic N) is 3. The molecule has 0 atom stereocenters. The number of carbonyl (C=O) groups excluding carboxylic acids is 1. The number of hydrazone groups is 1. The number of aromatic nitrogens is 1. The number of rotatable bonds is 4. The van der Waals surface area contributed by atoms with E-state index in [0.29, 0.717) is 5.69 Å². The Morgan fingerprint density at radius 2 is 2.35 bits per heavy atom. The summed E-state index contributed by atoms with van der Waals surface area (Å²) < 4.78 is 0. The zero-order valence-electron chi connectivity index (χ0n) is 10.4. The van der Waals surface area contributed by atoms with Crippen LogP contribution in [-0.4, -0.2) is 22.0 Å². The second-order valence-electron chi connectivity index (χ2n) is 3.80. The van der Waals surface area contributed by atoms with Gasteiger partial charge in [0, 0.05) is 23.1 Å². The molecule has 102 valence electrons. The van der Waals surface area contributed by atoms with E-state index >= 15 is 0 Å². The van der Waals surface area contributed by atoms with E-state index in [1.54, 1.807) is 5.38 Å². The number of amides is 1. The summed E-state index contributed by atoms with van der Waals surface area (Å²) >= 11 is 1.47. The standard InChI is InChI=1S/C12H10N4O3S/c1-8-14-10(7-20-8)6-13-15-12(17)9-3-2-4-11(5-9)16(18)19/h2-7H,1H3,(H,15,17)/b13-6-. The fourth-order valence-electron chi connectivity index (χ4n) is 1.42. The molecule has 0 saturated heterocycles. The molecule has 1 N–H and O–H groups in total. The van der Waals surface area contributed by atoms with Crippen molar-refractivity contribution in [2.45, 2.75) is 6.92 Å². The van der Waals surface area contributed by atoms with Crippen LogP contribution in [0.5, 0.6) is 0 Å². The van der Waals surface area contributed by atoms with Gasteiger partial charge in [0.2, 0.25) is 0 Å². The van der Waals surface area contributed by atoms with Crippen molar-refractivity contribution in [3.63, 3.8) is 0 Å². The maximum atomic E-state index is 11.7. The van der Waals surface area contributed by atoms with Crippen molar-refractivity contribution in [1.82, 2.24) is 10.4 Å². The maximum Gasteiger partial charge on any atom is 0.271 e. The molecule has 1 aromatic carbocycles. The first-order chi connectivity index (χ1) is 9.56. The molecule has 7 nitrogen and oxygen atoms in total. The average molecular weight is 290 g/mol. The van der Waals surface area contributed by atoms with Crippen molar-refractivity contribution in [3.8, 4) is 0 Å². The Balaban J connectivity index is 2.03. The quantitative estimate of drug-likeness (QED) is 0.529. The molecule has 0 saturated carbocycles. The highest BCUT2D eigenvalue weighted by Crippen LogP contribution is 2.12. The Kier molecular flexibility index (Phi) is 4.16. The number of hydrogen-bond donors (Lipinski definition) is 1. The molecule has 1 amide bonds. The third kappa shape index (κ3) is 3.45. The zero-order chi connectivity index (χ0) is 14.5. The van der Waals surface area contributed by atoms with Gasteiger partial charge in [-0.25, -0.2) is 10.4 Å². The fourth-order valence-corrected chi connectivity index (χ4v) is 1.98. The normalized spacial score (nSPS) is 10.7. The maximum absolute atomic E-state index is 11.7. The second kappa shape index (κ2) is 6.02. The molecular formula is C12H10N4O3S. The Hall–Kier alpha value is -2.61. The highest BCUT2D eigenvalue weighted by Gasteiger charge is 2.10. The predicted molar refractivity (Wildman–Crippen MR) is 75.0 cm³/mol. The molecule has 0 unspecified atom stereocenters. The zero-order valence-corrected chi connectivity index (χ0v) is 11.3. The van der Waals surface area contributed by atoms with Crippen molar-refractivity contribution in [2.24, 2.45) is 5.10 Å². The van der Waals surface area contributed by atoms with E-state index < -0.39 is 10.8 Å². The SMILES string of the molecule is Cc1nc(/C=N\NC(=O)c2cccc([N+](=O)[O-])c2)cs1. The highest BCUT2D eigenvalue weighted by atomic mass is 32.1. The molecule has 2 rings (SSSR count). The van der Waals surface area contributed by atoms with Crippen LogP contribution < -0.4 is 5.43 Å². The lowest BCUT2D eigenvalue weighted by Crippen LogP contribution is -2.17. The van der Waals surface area contributed by atoms with Crippen molar-refractivity contribution in [1.29, 1.82) is 0 Å². The summed E-state index contributed by atoms with van der Waals surface area (Å²) in [6, 6.07) is 5.43. The number of carbonyl (C=O) groups is 1. The van der Waals surface area contributed by atoms with Crippen LogP contribution in [0.2, 0.25) is 0 Å². The van der Waals surface area contributed by atoms with Gasteiger partial charge in [-0.1, -0.05) is 6.07 Å². The Bertz CT molecular complexity index is 681. The average Bonchev–Trinajstić information content (AvgIpc) is 2.84. The number of thiazole rings is 1. The molecule has 2 aromatic rings. The van der Waals surface area contributed by atoms with Gasteiger partial charge in [0.1, 0.15) is 0 Å². The van der Waals surface area contributed by atoms with Gasteiger partial charge in [-0.3, -0.25) is 14.9 Å². The summed E-state index contributed by atoms with van der Waals surface area (Å²) in [6.45, 7) is 1.86. The number of nitrogens with one attached hydrogen (secondary N) is 1. The molecular weight excluding hydrogens is 280 g/mol. The number of nitro groups is 1. The minimum Gasteiger partial charge on any atom is -0.267 e. The van der Waals surface area contributed by atoms with Crippen molar-refractivity contribution in [2.75, 3.05) is 0 Å². The minimum absolute atomic E-state index is 0.142. The van der Waals surface area contributed by atoms with Crippen LogP contribution in [0.4, 0.5) is 5.69 Å². The van der Waals surface area contributed by atoms with Gasteiger partial charge in [-0.05, 0) is 13.0 Å². The third-order valence-corrected chi connectivity index (χ3v) is 3.11. The number of benzene rings is 1. The van der Waals surface area contributed by atoms with E-state index in [4.69, 9.17) is 0 Å². The summed E-state index contributed by atoms with van der Waals surface area (Å²) in [5.74, 6) is -0.517. The van der Waals surface area contributed by atoms with Gasteiger partial charge in [0.05, 0.1) is 21.8 Å². The van der Waals surface area contributed by atoms with Crippen molar-refractivity contribution >= 4 is 29.1 Å². The molecule has 0 aliphatic heterocycles. The number of non-ortho nitro benzene ring substituents is 1. The molecule has 0 bridgehead atoms. The first-order valence-electron chi connectivity index (χ1n) is 5.56. The van der Waals surface area contributed by atoms with Crippen LogP contribution in [0.15, 0.2) is 34.7 Å². The summed E-state index contributed by atoms with van der Waals surface area (Å²) in [7, 11) is 0. The van der Waals surface area contributed by atoms with E-state index in [1.807, 2.05) is 6.92 Å². The van der Waals surface area contributed by atoms with Crippen LogP contribution in [0, 0.1) is 17.0 Å². The largest absolute Gasteiger partial charge is 0.271 e. The molecule has 1 aromatic heterocycles. The van der Waals surface area contributed by atoms with E-state index in [9.17, 15) is 14.9 Å². The first-order valence-corrected chi connectivity index (χ1v) is 6.44. The van der Waals surface area contributed by atoms with Gasteiger partial charge < -0.3 is 0 Å². The van der Waals surface area contributed by atoms with Crippen LogP contribution in [-0.2, 0) is 0 Å². The second-order valence-corrected chi connectivity index (χ2v) is 4.86. The molecule has 8 heteroatoms. The van der Waals surface area contributed by atoms with Gasteiger partial charge in [0.25, 0.3) is 11.6 Å². The molecule has 0 radical (unpaired) electrons. The van der Waals surface area contributed by atoms with E-state index in [1.165, 1.54) is 41.8 Å². The summed E-state index contributed by atoms with van der Waals surface area (Å²) in [5.41, 5.74) is 2.97. The topological polar surface area (TPSA) is 97.5 Å². The summed E-state index contributed by atoms with van der Waals surface area (Å²) in [5, 5.41) is 17.1. The molecule has 0 aliphatic rings. The van der Waals surface area contributed by atoms with Crippen molar-refractivity contribution in [3.05, 3.63) is 56.0 Å². The predicted octanol–water partition coefficient (Wildman–Crippen LogP) is 2.12. The lowest BCUT2D eigenvalue weighted by molar-refractivity contribution is -0.384. The molecule has 20 heavy (non-hydrogen) atoms. The third-order valence-electron chi connectivity index (χ3n) is 2.32. The van der Waals surface area contributed by atoms with Gasteiger partial charge >= 0.3 is 0 Å². The Labute approximate surface area is 118 Å². The minimum atomic E-state index is -0.557. The number of hydrogen-bond acceptors (Lipinski definition) is 6. The monoisotopic (exact) mass is 290 g/mol.